The molecule has 0 aromatic heterocycles. The molecule has 1 saturated carbocycles. The topological polar surface area (TPSA) is 41.1 Å². The summed E-state index contributed by atoms with van der Waals surface area (Å²) in [5.74, 6) is 1.00. The third kappa shape index (κ3) is 2.67. The molecule has 0 saturated heterocycles. The van der Waals surface area contributed by atoms with Crippen LogP contribution in [0, 0.1) is 11.8 Å². The predicted octanol–water partition coefficient (Wildman–Crippen LogP) is 3.10. The molecule has 2 unspecified atom stereocenters. The van der Waals surface area contributed by atoms with Crippen molar-refractivity contribution in [2.45, 2.75) is 45.6 Å². The maximum Gasteiger partial charge on any atom is 0.223 e. The number of hydrogen-bond acceptors (Lipinski definition) is 2. The molecule has 2 atom stereocenters. The van der Waals surface area contributed by atoms with E-state index in [0.29, 0.717) is 12.5 Å². The number of carbonyl (C=O) groups is 1. The van der Waals surface area contributed by atoms with E-state index in [4.69, 9.17) is 0 Å². The molecule has 2 N–H and O–H groups in total. The van der Waals surface area contributed by atoms with Gasteiger partial charge in [-0.25, -0.2) is 0 Å². The second kappa shape index (κ2) is 5.86. The number of para-hydroxylation sites is 1. The molecule has 1 aliphatic heterocycles. The van der Waals surface area contributed by atoms with E-state index < -0.39 is 0 Å². The molecule has 2 aliphatic rings. The van der Waals surface area contributed by atoms with Gasteiger partial charge in [0.05, 0.1) is 0 Å². The summed E-state index contributed by atoms with van der Waals surface area (Å²) in [5, 5.41) is 6.62. The monoisotopic (exact) mass is 272 g/mol. The van der Waals surface area contributed by atoms with Gasteiger partial charge in [-0.15, -0.1) is 0 Å². The molecule has 0 radical (unpaired) electrons. The summed E-state index contributed by atoms with van der Waals surface area (Å²) in [6.07, 6.45) is 5.78. The number of hydrogen-bond donors (Lipinski definition) is 2. The van der Waals surface area contributed by atoms with Crippen molar-refractivity contribution in [3.8, 4) is 0 Å². The van der Waals surface area contributed by atoms with Gasteiger partial charge >= 0.3 is 0 Å². The Balaban J connectivity index is 1.65. The van der Waals surface area contributed by atoms with Gasteiger partial charge in [-0.1, -0.05) is 31.5 Å². The lowest BCUT2D eigenvalue weighted by Crippen LogP contribution is -2.32. The van der Waals surface area contributed by atoms with Crippen molar-refractivity contribution in [2.24, 2.45) is 11.8 Å². The van der Waals surface area contributed by atoms with E-state index in [9.17, 15) is 4.79 Å². The minimum absolute atomic E-state index is 0.225. The number of aryl methyl sites for hydroxylation is 1. The first kappa shape index (κ1) is 13.5. The van der Waals surface area contributed by atoms with Gasteiger partial charge < -0.3 is 10.6 Å². The van der Waals surface area contributed by atoms with E-state index in [2.05, 4.69) is 35.8 Å². The van der Waals surface area contributed by atoms with Crippen LogP contribution in [0.5, 0.6) is 0 Å². The SMILES string of the molecule is CC1CCCC1C(=O)NCc1cccc2c1NCCC2. The maximum absolute atomic E-state index is 12.3. The number of rotatable bonds is 3. The van der Waals surface area contributed by atoms with Crippen LogP contribution >= 0.6 is 0 Å². The highest BCUT2D eigenvalue weighted by Crippen LogP contribution is 2.31. The Labute approximate surface area is 121 Å². The molecule has 3 rings (SSSR count). The van der Waals surface area contributed by atoms with E-state index in [1.807, 2.05) is 0 Å². The van der Waals surface area contributed by atoms with Gasteiger partial charge in [-0.2, -0.15) is 0 Å². The molecule has 3 nitrogen and oxygen atoms in total. The molecule has 1 amide bonds. The fourth-order valence-corrected chi connectivity index (χ4v) is 3.58. The van der Waals surface area contributed by atoms with Crippen molar-refractivity contribution in [3.05, 3.63) is 29.3 Å². The second-order valence-corrected chi connectivity index (χ2v) is 6.21. The molecule has 1 aromatic rings. The van der Waals surface area contributed by atoms with Gasteiger partial charge in [0.1, 0.15) is 0 Å². The van der Waals surface area contributed by atoms with Crippen LogP contribution in [0.25, 0.3) is 0 Å². The molecule has 3 heteroatoms. The van der Waals surface area contributed by atoms with Crippen LogP contribution in [0.2, 0.25) is 0 Å². The first-order chi connectivity index (χ1) is 9.75. The molecule has 20 heavy (non-hydrogen) atoms. The minimum atomic E-state index is 0.225. The number of amides is 1. The van der Waals surface area contributed by atoms with Crippen molar-refractivity contribution in [2.75, 3.05) is 11.9 Å². The Hall–Kier alpha value is -1.51. The molecule has 108 valence electrons. The second-order valence-electron chi connectivity index (χ2n) is 6.21. The van der Waals surface area contributed by atoms with Crippen LogP contribution in [-0.4, -0.2) is 12.5 Å². The van der Waals surface area contributed by atoms with E-state index in [-0.39, 0.29) is 11.8 Å². The van der Waals surface area contributed by atoms with Gasteiger partial charge in [-0.05, 0) is 42.7 Å². The number of carbonyl (C=O) groups excluding carboxylic acids is 1. The zero-order chi connectivity index (χ0) is 13.9. The molecular formula is C17H24N2O. The number of benzene rings is 1. The largest absolute Gasteiger partial charge is 0.385 e. The van der Waals surface area contributed by atoms with E-state index in [0.717, 1.165) is 19.4 Å². The zero-order valence-corrected chi connectivity index (χ0v) is 12.2. The third-order valence-corrected chi connectivity index (χ3v) is 4.81. The summed E-state index contributed by atoms with van der Waals surface area (Å²) in [6.45, 7) is 3.89. The summed E-state index contributed by atoms with van der Waals surface area (Å²) in [6, 6.07) is 6.41. The van der Waals surface area contributed by atoms with Crippen molar-refractivity contribution in [3.63, 3.8) is 0 Å². The number of anilines is 1. The average Bonchev–Trinajstić information content (AvgIpc) is 2.91. The summed E-state index contributed by atoms with van der Waals surface area (Å²) in [7, 11) is 0. The van der Waals surface area contributed by atoms with Crippen LogP contribution in [0.3, 0.4) is 0 Å². The molecule has 1 heterocycles. The Morgan fingerprint density at radius 3 is 3.05 bits per heavy atom. The Kier molecular flexibility index (Phi) is 3.95. The minimum Gasteiger partial charge on any atom is -0.385 e. The first-order valence-corrected chi connectivity index (χ1v) is 7.88. The summed E-state index contributed by atoms with van der Waals surface area (Å²) in [4.78, 5) is 12.3. The summed E-state index contributed by atoms with van der Waals surface area (Å²) < 4.78 is 0. The molecule has 1 fully saturated rings. The van der Waals surface area contributed by atoms with E-state index in [1.165, 1.54) is 36.1 Å². The van der Waals surface area contributed by atoms with Crippen LogP contribution < -0.4 is 10.6 Å². The predicted molar refractivity (Wildman–Crippen MR) is 81.6 cm³/mol. The zero-order valence-electron chi connectivity index (χ0n) is 12.2. The highest BCUT2D eigenvalue weighted by atomic mass is 16.1. The normalized spacial score (nSPS) is 24.9. The molecule has 1 aromatic carbocycles. The fraction of sp³-hybridized carbons (Fsp3) is 0.588. The quantitative estimate of drug-likeness (QED) is 0.887. The highest BCUT2D eigenvalue weighted by Gasteiger charge is 2.29. The van der Waals surface area contributed by atoms with Gasteiger partial charge in [0.25, 0.3) is 0 Å². The molecule has 1 aliphatic carbocycles. The summed E-state index contributed by atoms with van der Waals surface area (Å²) >= 11 is 0. The molecule has 0 spiro atoms. The lowest BCUT2D eigenvalue weighted by molar-refractivity contribution is -0.126. The molecule has 0 bridgehead atoms. The lowest BCUT2D eigenvalue weighted by atomic mass is 9.96. The first-order valence-electron chi connectivity index (χ1n) is 7.88. The Bertz CT molecular complexity index is 498. The van der Waals surface area contributed by atoms with E-state index >= 15 is 0 Å². The smallest absolute Gasteiger partial charge is 0.223 e. The van der Waals surface area contributed by atoms with Gasteiger partial charge in [0, 0.05) is 24.7 Å². The Morgan fingerprint density at radius 2 is 2.25 bits per heavy atom. The van der Waals surface area contributed by atoms with Gasteiger partial charge in [0.2, 0.25) is 5.91 Å². The highest BCUT2D eigenvalue weighted by molar-refractivity contribution is 5.79. The lowest BCUT2D eigenvalue weighted by Gasteiger charge is -2.22. The number of fused-ring (bicyclic) bond motifs is 1. The number of nitrogens with one attached hydrogen (secondary N) is 2. The van der Waals surface area contributed by atoms with Gasteiger partial charge in [0.15, 0.2) is 0 Å². The van der Waals surface area contributed by atoms with Crippen molar-refractivity contribution < 1.29 is 4.79 Å². The van der Waals surface area contributed by atoms with Crippen molar-refractivity contribution >= 4 is 11.6 Å². The van der Waals surface area contributed by atoms with Crippen molar-refractivity contribution in [1.82, 2.24) is 5.32 Å². The maximum atomic E-state index is 12.3. The average molecular weight is 272 g/mol. The Morgan fingerprint density at radius 1 is 1.35 bits per heavy atom. The van der Waals surface area contributed by atoms with Crippen molar-refractivity contribution in [1.29, 1.82) is 0 Å². The van der Waals surface area contributed by atoms with Crippen LogP contribution in [0.4, 0.5) is 5.69 Å². The van der Waals surface area contributed by atoms with Crippen LogP contribution in [0.15, 0.2) is 18.2 Å². The van der Waals surface area contributed by atoms with Gasteiger partial charge in [-0.3, -0.25) is 4.79 Å². The standard InChI is InChI=1S/C17H24N2O/c1-12-5-2-9-15(12)17(20)19-11-14-7-3-6-13-8-4-10-18-16(13)14/h3,6-7,12,15,18H,2,4-5,8-11H2,1H3,(H,19,20). The third-order valence-electron chi connectivity index (χ3n) is 4.81. The summed E-state index contributed by atoms with van der Waals surface area (Å²) in [5.41, 5.74) is 3.86. The van der Waals surface area contributed by atoms with Crippen LogP contribution in [0.1, 0.15) is 43.7 Å². The van der Waals surface area contributed by atoms with Crippen LogP contribution in [-0.2, 0) is 17.8 Å². The molecular weight excluding hydrogens is 248 g/mol. The fourth-order valence-electron chi connectivity index (χ4n) is 3.58. The van der Waals surface area contributed by atoms with E-state index in [1.54, 1.807) is 0 Å².